The van der Waals surface area contributed by atoms with Crippen molar-refractivity contribution in [2.24, 2.45) is 5.92 Å². The molecule has 0 radical (unpaired) electrons. The first kappa shape index (κ1) is 17.0. The molecule has 0 unspecified atom stereocenters. The highest BCUT2D eigenvalue weighted by atomic mass is 28.3. The Kier molecular flexibility index (Phi) is 7.39. The second-order valence-corrected chi connectivity index (χ2v) is 13.0. The van der Waals surface area contributed by atoms with Gasteiger partial charge in [-0.05, 0) is 18.4 Å². The lowest BCUT2D eigenvalue weighted by atomic mass is 10.1. The van der Waals surface area contributed by atoms with Gasteiger partial charge >= 0.3 is 0 Å². The van der Waals surface area contributed by atoms with Gasteiger partial charge in [-0.2, -0.15) is 0 Å². The van der Waals surface area contributed by atoms with Crippen molar-refractivity contribution >= 4 is 8.07 Å². The number of hydrogen-bond donors (Lipinski definition) is 0. The third-order valence-electron chi connectivity index (χ3n) is 4.47. The standard InChI is InChI=1S/C16H34Si/c1-13(2)11-9-10-12-17(14(3)4,15(5)6)16(7)8/h9-10,13-16H,11-12H2,1-8H3/b10-9+. The zero-order valence-corrected chi connectivity index (χ0v) is 14.4. The van der Waals surface area contributed by atoms with Crippen molar-refractivity contribution in [2.75, 3.05) is 0 Å². The van der Waals surface area contributed by atoms with E-state index in [1.807, 2.05) is 0 Å². The van der Waals surface area contributed by atoms with E-state index in [0.717, 1.165) is 22.5 Å². The van der Waals surface area contributed by atoms with Crippen LogP contribution in [-0.2, 0) is 0 Å². The average molecular weight is 255 g/mol. The summed E-state index contributed by atoms with van der Waals surface area (Å²) in [4.78, 5) is 0. The SMILES string of the molecule is CC(C)C/C=C/C[Si](C(C)C)(C(C)C)C(C)C. The number of allylic oxidation sites excluding steroid dienone is 2. The molecule has 0 saturated heterocycles. The molecular weight excluding hydrogens is 220 g/mol. The van der Waals surface area contributed by atoms with Crippen molar-refractivity contribution in [3.8, 4) is 0 Å². The normalized spacial score (nSPS) is 13.9. The summed E-state index contributed by atoms with van der Waals surface area (Å²) in [5, 5.41) is 0. The Hall–Kier alpha value is -0.0431. The lowest BCUT2D eigenvalue weighted by Gasteiger charge is -2.42. The summed E-state index contributed by atoms with van der Waals surface area (Å²) in [6.45, 7) is 19.3. The third kappa shape index (κ3) is 4.61. The third-order valence-corrected chi connectivity index (χ3v) is 11.9. The first-order chi connectivity index (χ1) is 7.75. The van der Waals surface area contributed by atoms with Crippen LogP contribution < -0.4 is 0 Å². The molecule has 0 atom stereocenters. The molecule has 0 aromatic rings. The van der Waals surface area contributed by atoms with Gasteiger partial charge in [-0.3, -0.25) is 0 Å². The van der Waals surface area contributed by atoms with Crippen LogP contribution in [0.5, 0.6) is 0 Å². The highest BCUT2D eigenvalue weighted by molar-refractivity contribution is 6.83. The Morgan fingerprint density at radius 3 is 1.41 bits per heavy atom. The van der Waals surface area contributed by atoms with Crippen molar-refractivity contribution < 1.29 is 0 Å². The van der Waals surface area contributed by atoms with E-state index in [1.165, 1.54) is 12.5 Å². The summed E-state index contributed by atoms with van der Waals surface area (Å²) < 4.78 is 0. The Balaban J connectivity index is 4.76. The zero-order chi connectivity index (χ0) is 13.6. The second-order valence-electron chi connectivity index (χ2n) is 6.88. The molecule has 17 heavy (non-hydrogen) atoms. The van der Waals surface area contributed by atoms with Crippen molar-refractivity contribution in [3.63, 3.8) is 0 Å². The van der Waals surface area contributed by atoms with Gasteiger partial charge < -0.3 is 0 Å². The Labute approximate surface area is 111 Å². The van der Waals surface area contributed by atoms with Crippen LogP contribution in [0, 0.1) is 5.92 Å². The highest BCUT2D eigenvalue weighted by Gasteiger charge is 2.41. The van der Waals surface area contributed by atoms with Gasteiger partial charge in [0, 0.05) is 0 Å². The molecule has 0 spiro atoms. The fourth-order valence-corrected chi connectivity index (χ4v) is 9.35. The molecular formula is C16H34Si. The van der Waals surface area contributed by atoms with E-state index >= 15 is 0 Å². The van der Waals surface area contributed by atoms with E-state index in [9.17, 15) is 0 Å². The monoisotopic (exact) mass is 254 g/mol. The molecule has 0 heterocycles. The van der Waals surface area contributed by atoms with Gasteiger partial charge in [-0.25, -0.2) is 0 Å². The lowest BCUT2D eigenvalue weighted by molar-refractivity contribution is 0.663. The Morgan fingerprint density at radius 1 is 0.706 bits per heavy atom. The molecule has 0 rings (SSSR count). The first-order valence-corrected chi connectivity index (χ1v) is 9.84. The zero-order valence-electron chi connectivity index (χ0n) is 13.4. The molecule has 0 aliphatic heterocycles. The maximum Gasteiger partial charge on any atom is 0.0650 e. The van der Waals surface area contributed by atoms with Gasteiger partial charge in [-0.15, -0.1) is 0 Å². The van der Waals surface area contributed by atoms with Crippen LogP contribution in [0.15, 0.2) is 12.2 Å². The highest BCUT2D eigenvalue weighted by Crippen LogP contribution is 2.44. The number of rotatable bonds is 7. The largest absolute Gasteiger partial charge is 0.0911 e. The molecule has 0 saturated carbocycles. The van der Waals surface area contributed by atoms with Crippen LogP contribution in [-0.4, -0.2) is 8.07 Å². The van der Waals surface area contributed by atoms with Gasteiger partial charge in [0.05, 0.1) is 8.07 Å². The minimum atomic E-state index is -1.19. The summed E-state index contributed by atoms with van der Waals surface area (Å²) >= 11 is 0. The van der Waals surface area contributed by atoms with Crippen LogP contribution in [0.1, 0.15) is 61.8 Å². The maximum absolute atomic E-state index is 2.49. The van der Waals surface area contributed by atoms with Gasteiger partial charge in [0.25, 0.3) is 0 Å². The fraction of sp³-hybridized carbons (Fsp3) is 0.875. The van der Waals surface area contributed by atoms with Crippen molar-refractivity contribution in [1.29, 1.82) is 0 Å². The molecule has 0 bridgehead atoms. The topological polar surface area (TPSA) is 0 Å². The predicted molar refractivity (Wildman–Crippen MR) is 84.5 cm³/mol. The van der Waals surface area contributed by atoms with E-state index in [-0.39, 0.29) is 0 Å². The van der Waals surface area contributed by atoms with E-state index in [0.29, 0.717) is 0 Å². The van der Waals surface area contributed by atoms with E-state index in [2.05, 4.69) is 67.5 Å². The molecule has 0 aliphatic carbocycles. The first-order valence-electron chi connectivity index (χ1n) is 7.40. The van der Waals surface area contributed by atoms with Crippen LogP contribution in [0.2, 0.25) is 22.7 Å². The minimum absolute atomic E-state index is 0.791. The van der Waals surface area contributed by atoms with Gasteiger partial charge in [0.2, 0.25) is 0 Å². The average Bonchev–Trinajstić information content (AvgIpc) is 2.15. The van der Waals surface area contributed by atoms with Crippen molar-refractivity contribution in [2.45, 2.75) is 84.5 Å². The molecule has 0 N–H and O–H groups in total. The molecule has 0 aromatic carbocycles. The molecule has 1 heteroatoms. The van der Waals surface area contributed by atoms with Crippen LogP contribution in [0.25, 0.3) is 0 Å². The molecule has 0 fully saturated rings. The molecule has 0 aliphatic rings. The Morgan fingerprint density at radius 2 is 1.12 bits per heavy atom. The summed E-state index contributed by atoms with van der Waals surface area (Å²) in [7, 11) is -1.19. The molecule has 0 aromatic heterocycles. The van der Waals surface area contributed by atoms with E-state index in [1.54, 1.807) is 0 Å². The van der Waals surface area contributed by atoms with Gasteiger partial charge in [-0.1, -0.05) is 84.2 Å². The van der Waals surface area contributed by atoms with Crippen molar-refractivity contribution in [3.05, 3.63) is 12.2 Å². The van der Waals surface area contributed by atoms with Gasteiger partial charge in [0.1, 0.15) is 0 Å². The summed E-state index contributed by atoms with van der Waals surface area (Å²) in [6.07, 6.45) is 6.14. The van der Waals surface area contributed by atoms with Crippen LogP contribution in [0.3, 0.4) is 0 Å². The van der Waals surface area contributed by atoms with Crippen LogP contribution >= 0.6 is 0 Å². The van der Waals surface area contributed by atoms with Crippen molar-refractivity contribution in [1.82, 2.24) is 0 Å². The summed E-state index contributed by atoms with van der Waals surface area (Å²) in [6, 6.07) is 1.37. The second kappa shape index (κ2) is 7.40. The van der Waals surface area contributed by atoms with E-state index in [4.69, 9.17) is 0 Å². The molecule has 0 amide bonds. The number of hydrogen-bond acceptors (Lipinski definition) is 0. The Bertz CT molecular complexity index is 202. The quantitative estimate of drug-likeness (QED) is 0.371. The smallest absolute Gasteiger partial charge is 0.0650 e. The minimum Gasteiger partial charge on any atom is -0.0911 e. The fourth-order valence-electron chi connectivity index (χ4n) is 3.36. The van der Waals surface area contributed by atoms with Crippen LogP contribution in [0.4, 0.5) is 0 Å². The van der Waals surface area contributed by atoms with E-state index < -0.39 is 8.07 Å². The summed E-state index contributed by atoms with van der Waals surface area (Å²) in [5.41, 5.74) is 2.64. The van der Waals surface area contributed by atoms with Gasteiger partial charge in [0.15, 0.2) is 0 Å². The lowest BCUT2D eigenvalue weighted by Crippen LogP contribution is -2.43. The molecule has 102 valence electrons. The predicted octanol–water partition coefficient (Wildman–Crippen LogP) is 6.27. The summed E-state index contributed by atoms with van der Waals surface area (Å²) in [5.74, 6) is 0.791. The maximum atomic E-state index is 2.49. The molecule has 0 nitrogen and oxygen atoms in total.